The van der Waals surface area contributed by atoms with Crippen LogP contribution in [0.15, 0.2) is 206 Å². The van der Waals surface area contributed by atoms with E-state index >= 15 is 0 Å². The fourth-order valence-corrected chi connectivity index (χ4v) is 8.95. The van der Waals surface area contributed by atoms with Crippen molar-refractivity contribution in [2.45, 2.75) is 0 Å². The van der Waals surface area contributed by atoms with Crippen LogP contribution in [0.25, 0.3) is 111 Å². The molecule has 0 saturated heterocycles. The highest BCUT2D eigenvalue weighted by Gasteiger charge is 2.23. The molecule has 60 heavy (non-hydrogen) atoms. The Morgan fingerprint density at radius 2 is 0.783 bits per heavy atom. The quantitative estimate of drug-likeness (QED) is 0.158. The summed E-state index contributed by atoms with van der Waals surface area (Å²) in [7, 11) is 0. The molecule has 0 aliphatic carbocycles. The first kappa shape index (κ1) is 33.9. The van der Waals surface area contributed by atoms with E-state index in [1.54, 1.807) is 0 Å². The zero-order valence-electron chi connectivity index (χ0n) is 32.3. The Labute approximate surface area is 345 Å². The minimum absolute atomic E-state index is 0.572. The second-order valence-corrected chi connectivity index (χ2v) is 15.0. The van der Waals surface area contributed by atoms with Crippen molar-refractivity contribution in [1.82, 2.24) is 29.1 Å². The van der Waals surface area contributed by atoms with Crippen molar-refractivity contribution in [3.05, 3.63) is 206 Å². The van der Waals surface area contributed by atoms with Crippen molar-refractivity contribution in [3.8, 4) is 56.9 Å². The topological polar surface area (TPSA) is 61.4 Å². The normalized spacial score (nSPS) is 11.7. The third-order valence-corrected chi connectivity index (χ3v) is 11.6. The van der Waals surface area contributed by atoms with Crippen LogP contribution >= 0.6 is 0 Å². The lowest BCUT2D eigenvalue weighted by Crippen LogP contribution is -2.06. The lowest BCUT2D eigenvalue weighted by molar-refractivity contribution is 0.953. The van der Waals surface area contributed by atoms with Gasteiger partial charge in [0, 0.05) is 33.2 Å². The summed E-state index contributed by atoms with van der Waals surface area (Å²) < 4.78 is 4.49. The minimum Gasteiger partial charge on any atom is -0.292 e. The van der Waals surface area contributed by atoms with E-state index in [1.807, 2.05) is 60.7 Å². The molecule has 9 aromatic carbocycles. The van der Waals surface area contributed by atoms with Gasteiger partial charge in [-0.1, -0.05) is 164 Å². The van der Waals surface area contributed by atoms with E-state index in [-0.39, 0.29) is 0 Å². The Balaban J connectivity index is 1.11. The van der Waals surface area contributed by atoms with Gasteiger partial charge in [0.2, 0.25) is 5.95 Å². The van der Waals surface area contributed by atoms with Gasteiger partial charge in [-0.15, -0.1) is 0 Å². The van der Waals surface area contributed by atoms with E-state index in [9.17, 15) is 0 Å². The lowest BCUT2D eigenvalue weighted by Gasteiger charge is -2.18. The number of hydrogen-bond donors (Lipinski definition) is 0. The fraction of sp³-hybridized carbons (Fsp3) is 0. The molecular weight excluding hydrogens is 733 g/mol. The summed E-state index contributed by atoms with van der Waals surface area (Å²) in [6.07, 6.45) is 0. The van der Waals surface area contributed by atoms with Gasteiger partial charge in [0.1, 0.15) is 5.82 Å². The Kier molecular flexibility index (Phi) is 7.74. The van der Waals surface area contributed by atoms with Crippen LogP contribution in [0.1, 0.15) is 0 Å². The molecule has 0 fully saturated rings. The molecule has 6 heteroatoms. The molecule has 0 unspecified atom stereocenters. The van der Waals surface area contributed by atoms with E-state index in [4.69, 9.17) is 19.9 Å². The summed E-state index contributed by atoms with van der Waals surface area (Å²) in [5, 5.41) is 6.87. The zero-order chi connectivity index (χ0) is 39.6. The summed E-state index contributed by atoms with van der Waals surface area (Å²) >= 11 is 0. The molecule has 0 atom stereocenters. The first-order chi connectivity index (χ1) is 29.8. The molecule has 0 radical (unpaired) electrons. The lowest BCUT2D eigenvalue weighted by atomic mass is 9.87. The standard InChI is InChI=1S/C54H34N6/c1-4-18-35(19-5-1)51-56-52(36-20-6-2-7-21-36)58-54(57-51)60-46-30-16-14-24-39(46)44-34-37(32-33-47(44)60)49-40-25-10-12-27-42(40)50(43-28-13-11-26-41(43)49)53-55-45-29-15-17-31-48(45)59(53)38-22-8-3-9-23-38/h1-34H. The van der Waals surface area contributed by atoms with Crippen molar-refractivity contribution < 1.29 is 0 Å². The molecule has 0 spiro atoms. The maximum absolute atomic E-state index is 5.36. The second kappa shape index (κ2) is 13.7. The fourth-order valence-electron chi connectivity index (χ4n) is 8.95. The van der Waals surface area contributed by atoms with Crippen molar-refractivity contribution in [2.75, 3.05) is 0 Å². The van der Waals surface area contributed by atoms with Gasteiger partial charge in [0.05, 0.1) is 22.1 Å². The molecule has 0 aliphatic heterocycles. The van der Waals surface area contributed by atoms with Crippen LogP contribution < -0.4 is 0 Å². The first-order valence-corrected chi connectivity index (χ1v) is 20.2. The van der Waals surface area contributed by atoms with Crippen molar-refractivity contribution >= 4 is 54.4 Å². The second-order valence-electron chi connectivity index (χ2n) is 15.0. The van der Waals surface area contributed by atoms with Gasteiger partial charge in [-0.05, 0) is 75.1 Å². The minimum atomic E-state index is 0.572. The molecular formula is C54H34N6. The molecule has 6 nitrogen and oxygen atoms in total. The number of benzene rings is 9. The van der Waals surface area contributed by atoms with Crippen molar-refractivity contribution in [1.29, 1.82) is 0 Å². The predicted octanol–water partition coefficient (Wildman–Crippen LogP) is 13.3. The van der Waals surface area contributed by atoms with E-state index in [0.717, 1.165) is 77.4 Å². The molecule has 0 N–H and O–H groups in total. The number of nitrogens with zero attached hydrogens (tertiary/aromatic N) is 6. The third kappa shape index (κ3) is 5.35. The van der Waals surface area contributed by atoms with Crippen LogP contribution in [-0.4, -0.2) is 29.1 Å². The first-order valence-electron chi connectivity index (χ1n) is 20.2. The van der Waals surface area contributed by atoms with Crippen LogP contribution in [0.5, 0.6) is 0 Å². The molecule has 0 bridgehead atoms. The highest BCUT2D eigenvalue weighted by atomic mass is 15.2. The molecule has 0 amide bonds. The highest BCUT2D eigenvalue weighted by molar-refractivity contribution is 6.22. The van der Waals surface area contributed by atoms with E-state index < -0.39 is 0 Å². The van der Waals surface area contributed by atoms with Gasteiger partial charge in [-0.25, -0.2) is 9.97 Å². The number of aromatic nitrogens is 6. The van der Waals surface area contributed by atoms with E-state index in [2.05, 4.69) is 155 Å². The monoisotopic (exact) mass is 766 g/mol. The molecule has 3 heterocycles. The van der Waals surface area contributed by atoms with Crippen LogP contribution in [-0.2, 0) is 0 Å². The number of hydrogen-bond acceptors (Lipinski definition) is 4. The van der Waals surface area contributed by atoms with Gasteiger partial charge < -0.3 is 0 Å². The van der Waals surface area contributed by atoms with Crippen LogP contribution in [0.3, 0.4) is 0 Å². The average Bonchev–Trinajstić information content (AvgIpc) is 3.87. The van der Waals surface area contributed by atoms with Gasteiger partial charge in [-0.3, -0.25) is 9.13 Å². The zero-order valence-corrected chi connectivity index (χ0v) is 32.3. The van der Waals surface area contributed by atoms with Gasteiger partial charge >= 0.3 is 0 Å². The summed E-state index contributed by atoms with van der Waals surface area (Å²) in [6, 6.07) is 72.2. The number of fused-ring (bicyclic) bond motifs is 6. The molecule has 0 saturated carbocycles. The van der Waals surface area contributed by atoms with Crippen LogP contribution in [0, 0.1) is 0 Å². The summed E-state index contributed by atoms with van der Waals surface area (Å²) in [4.78, 5) is 20.6. The van der Waals surface area contributed by atoms with Gasteiger partial charge in [0.15, 0.2) is 11.6 Å². The van der Waals surface area contributed by atoms with Crippen LogP contribution in [0.4, 0.5) is 0 Å². The highest BCUT2D eigenvalue weighted by Crippen LogP contribution is 2.46. The Morgan fingerprint density at radius 3 is 1.40 bits per heavy atom. The largest absolute Gasteiger partial charge is 0.292 e. The number of rotatable bonds is 6. The van der Waals surface area contributed by atoms with Crippen molar-refractivity contribution in [3.63, 3.8) is 0 Å². The summed E-state index contributed by atoms with van der Waals surface area (Å²) in [5.41, 5.74) is 10.4. The van der Waals surface area contributed by atoms with Crippen LogP contribution in [0.2, 0.25) is 0 Å². The van der Waals surface area contributed by atoms with Crippen molar-refractivity contribution in [2.24, 2.45) is 0 Å². The Hall–Kier alpha value is -8.22. The summed E-state index contributed by atoms with van der Waals surface area (Å²) in [6.45, 7) is 0. The Morgan fingerprint density at radius 1 is 0.300 bits per heavy atom. The maximum atomic E-state index is 5.36. The Bertz CT molecular complexity index is 3480. The summed E-state index contributed by atoms with van der Waals surface area (Å²) in [5.74, 6) is 2.74. The molecule has 280 valence electrons. The number of para-hydroxylation sites is 4. The van der Waals surface area contributed by atoms with E-state index in [1.165, 1.54) is 16.3 Å². The van der Waals surface area contributed by atoms with Gasteiger partial charge in [0.25, 0.3) is 0 Å². The van der Waals surface area contributed by atoms with Gasteiger partial charge in [-0.2, -0.15) is 9.97 Å². The third-order valence-electron chi connectivity index (χ3n) is 11.6. The SMILES string of the molecule is c1ccc(-c2nc(-c3ccccc3)nc(-n3c4ccccc4c4cc(-c5c6ccccc6c(-c6nc7ccccc7n6-c6ccccc6)c6ccccc56)ccc43)n2)cc1. The maximum Gasteiger partial charge on any atom is 0.238 e. The van der Waals surface area contributed by atoms with E-state index in [0.29, 0.717) is 17.6 Å². The smallest absolute Gasteiger partial charge is 0.238 e. The number of imidazole rings is 1. The molecule has 12 aromatic rings. The molecule has 12 rings (SSSR count). The predicted molar refractivity (Wildman–Crippen MR) is 246 cm³/mol. The average molecular weight is 767 g/mol. The molecule has 3 aromatic heterocycles. The molecule has 0 aliphatic rings.